The van der Waals surface area contributed by atoms with E-state index in [0.717, 1.165) is 0 Å². The molecule has 0 unspecified atom stereocenters. The second kappa shape index (κ2) is 4.72. The summed E-state index contributed by atoms with van der Waals surface area (Å²) in [6.45, 7) is 5.40. The molecule has 0 rings (SSSR count). The second-order valence-corrected chi connectivity index (χ2v) is 4.43. The van der Waals surface area contributed by atoms with Crippen LogP contribution in [0, 0.1) is 0 Å². The van der Waals surface area contributed by atoms with Crippen LogP contribution < -0.4 is 11.5 Å². The molecule has 0 atom stereocenters. The zero-order chi connectivity index (χ0) is 11.4. The molecule has 14 heavy (non-hydrogen) atoms. The molecule has 5 heteroatoms. The summed E-state index contributed by atoms with van der Waals surface area (Å²) in [6.07, 6.45) is 0.804. The van der Waals surface area contributed by atoms with Gasteiger partial charge in [0.05, 0.1) is 0 Å². The number of rotatable bonds is 4. The quantitative estimate of drug-likeness (QED) is 0.444. The van der Waals surface area contributed by atoms with Crippen LogP contribution in [0.1, 0.15) is 40.0 Å². The summed E-state index contributed by atoms with van der Waals surface area (Å²) in [7, 11) is 0. The van der Waals surface area contributed by atoms with Crippen LogP contribution in [0.3, 0.4) is 0 Å². The van der Waals surface area contributed by atoms with Crippen molar-refractivity contribution < 1.29 is 14.6 Å². The lowest BCUT2D eigenvalue weighted by atomic mass is 10.1. The maximum absolute atomic E-state index is 11.2. The van der Waals surface area contributed by atoms with Crippen molar-refractivity contribution in [1.29, 1.82) is 0 Å². The highest BCUT2D eigenvalue weighted by Crippen LogP contribution is 2.10. The lowest BCUT2D eigenvalue weighted by Crippen LogP contribution is -2.49. The Morgan fingerprint density at radius 2 is 1.86 bits per heavy atom. The largest absolute Gasteiger partial charge is 0.460 e. The number of hydrogen-bond acceptors (Lipinski definition) is 5. The van der Waals surface area contributed by atoms with Crippen LogP contribution in [-0.2, 0) is 9.53 Å². The van der Waals surface area contributed by atoms with Gasteiger partial charge in [0.2, 0.25) is 0 Å². The van der Waals surface area contributed by atoms with Gasteiger partial charge in [-0.1, -0.05) is 0 Å². The molecule has 5 N–H and O–H groups in total. The Morgan fingerprint density at radius 3 is 2.21 bits per heavy atom. The summed E-state index contributed by atoms with van der Waals surface area (Å²) in [5.74, 6) is -2.00. The van der Waals surface area contributed by atoms with Crippen LogP contribution in [0.4, 0.5) is 0 Å². The van der Waals surface area contributed by atoms with Gasteiger partial charge in [-0.25, -0.2) is 0 Å². The number of aliphatic hydroxyl groups is 1. The normalized spacial score (nSPS) is 12.7. The van der Waals surface area contributed by atoms with Crippen LogP contribution in [0.5, 0.6) is 0 Å². The average Bonchev–Trinajstić information content (AvgIpc) is 1.78. The first-order valence-corrected chi connectivity index (χ1v) is 4.62. The number of ether oxygens (including phenoxy) is 1. The van der Waals surface area contributed by atoms with Gasteiger partial charge in [-0.05, 0) is 27.2 Å². The van der Waals surface area contributed by atoms with Gasteiger partial charge in [-0.2, -0.15) is 0 Å². The Labute approximate surface area is 84.4 Å². The molecule has 0 aromatic carbocycles. The van der Waals surface area contributed by atoms with Gasteiger partial charge in [0.25, 0.3) is 0 Å². The van der Waals surface area contributed by atoms with Crippen molar-refractivity contribution in [1.82, 2.24) is 0 Å². The minimum Gasteiger partial charge on any atom is -0.460 e. The molecule has 0 aliphatic heterocycles. The van der Waals surface area contributed by atoms with E-state index in [9.17, 15) is 4.79 Å². The summed E-state index contributed by atoms with van der Waals surface area (Å²) < 4.78 is 5.05. The van der Waals surface area contributed by atoms with E-state index in [-0.39, 0.29) is 18.8 Å². The molecule has 0 fully saturated rings. The predicted molar refractivity (Wildman–Crippen MR) is 53.0 cm³/mol. The van der Waals surface area contributed by atoms with E-state index >= 15 is 0 Å². The van der Waals surface area contributed by atoms with Crippen molar-refractivity contribution in [3.05, 3.63) is 0 Å². The standard InChI is InChI=1S/C9H20N2O3/c1-8(2,3)14-7(12)5-4-6-9(10,11)13/h13H,4-6,10-11H2,1-3H3. The zero-order valence-corrected chi connectivity index (χ0v) is 9.04. The average molecular weight is 204 g/mol. The van der Waals surface area contributed by atoms with E-state index in [4.69, 9.17) is 21.3 Å². The molecule has 0 aromatic heterocycles. The van der Waals surface area contributed by atoms with Gasteiger partial charge in [-0.3, -0.25) is 16.3 Å². The van der Waals surface area contributed by atoms with Gasteiger partial charge < -0.3 is 9.84 Å². The van der Waals surface area contributed by atoms with E-state index in [1.54, 1.807) is 20.8 Å². The van der Waals surface area contributed by atoms with Crippen LogP contribution in [0.25, 0.3) is 0 Å². The molecule has 0 bridgehead atoms. The lowest BCUT2D eigenvalue weighted by Gasteiger charge is -2.20. The minimum absolute atomic E-state index is 0.173. The van der Waals surface area contributed by atoms with Crippen molar-refractivity contribution in [3.8, 4) is 0 Å². The number of carbonyl (C=O) groups is 1. The molecular weight excluding hydrogens is 184 g/mol. The van der Waals surface area contributed by atoms with Crippen LogP contribution in [-0.4, -0.2) is 22.5 Å². The molecule has 0 aromatic rings. The van der Waals surface area contributed by atoms with Gasteiger partial charge in [-0.15, -0.1) is 0 Å². The minimum atomic E-state index is -1.69. The highest BCUT2D eigenvalue weighted by molar-refractivity contribution is 5.69. The molecule has 0 saturated heterocycles. The van der Waals surface area contributed by atoms with Crippen molar-refractivity contribution in [2.75, 3.05) is 0 Å². The van der Waals surface area contributed by atoms with E-state index in [1.165, 1.54) is 0 Å². The molecule has 0 radical (unpaired) electrons. The predicted octanol–water partition coefficient (Wildman–Crippen LogP) is 0.0619. The summed E-state index contributed by atoms with van der Waals surface area (Å²) in [6, 6.07) is 0. The first kappa shape index (κ1) is 13.4. The molecule has 0 amide bonds. The molecule has 0 aliphatic rings. The van der Waals surface area contributed by atoms with E-state index < -0.39 is 11.4 Å². The van der Waals surface area contributed by atoms with Crippen molar-refractivity contribution >= 4 is 5.97 Å². The molecule has 0 spiro atoms. The monoisotopic (exact) mass is 204 g/mol. The lowest BCUT2D eigenvalue weighted by molar-refractivity contribution is -0.155. The summed E-state index contributed by atoms with van der Waals surface area (Å²) in [4.78, 5) is 11.2. The first-order valence-electron chi connectivity index (χ1n) is 4.62. The van der Waals surface area contributed by atoms with Crippen molar-refractivity contribution in [2.24, 2.45) is 11.5 Å². The summed E-state index contributed by atoms with van der Waals surface area (Å²) in [5, 5.41) is 8.97. The van der Waals surface area contributed by atoms with Gasteiger partial charge in [0.15, 0.2) is 5.85 Å². The number of carbonyl (C=O) groups excluding carboxylic acids is 1. The first-order chi connectivity index (χ1) is 6.10. The fourth-order valence-electron chi connectivity index (χ4n) is 0.908. The Balaban J connectivity index is 3.66. The molecular formula is C9H20N2O3. The van der Waals surface area contributed by atoms with Gasteiger partial charge in [0, 0.05) is 12.8 Å². The third-order valence-corrected chi connectivity index (χ3v) is 1.38. The second-order valence-electron chi connectivity index (χ2n) is 4.43. The van der Waals surface area contributed by atoms with E-state index in [2.05, 4.69) is 0 Å². The van der Waals surface area contributed by atoms with E-state index in [0.29, 0.717) is 6.42 Å². The number of esters is 1. The topological polar surface area (TPSA) is 98.6 Å². The SMILES string of the molecule is CC(C)(C)OC(=O)CCCC(N)(N)O. The maximum atomic E-state index is 11.2. The van der Waals surface area contributed by atoms with E-state index in [1.807, 2.05) is 0 Å². The Hall–Kier alpha value is -0.650. The van der Waals surface area contributed by atoms with Crippen LogP contribution >= 0.6 is 0 Å². The van der Waals surface area contributed by atoms with Crippen LogP contribution in [0.15, 0.2) is 0 Å². The van der Waals surface area contributed by atoms with Crippen molar-refractivity contribution in [2.45, 2.75) is 51.5 Å². The van der Waals surface area contributed by atoms with Gasteiger partial charge >= 0.3 is 5.97 Å². The Kier molecular flexibility index (Phi) is 4.51. The third kappa shape index (κ3) is 9.44. The Bertz CT molecular complexity index is 191. The highest BCUT2D eigenvalue weighted by Gasteiger charge is 2.18. The highest BCUT2D eigenvalue weighted by atomic mass is 16.6. The maximum Gasteiger partial charge on any atom is 0.306 e. The zero-order valence-electron chi connectivity index (χ0n) is 9.04. The fraction of sp³-hybridized carbons (Fsp3) is 0.889. The number of nitrogens with two attached hydrogens (primary N) is 2. The molecule has 5 nitrogen and oxygen atoms in total. The van der Waals surface area contributed by atoms with Crippen LogP contribution in [0.2, 0.25) is 0 Å². The molecule has 0 aliphatic carbocycles. The molecule has 0 saturated carbocycles. The fourth-order valence-corrected chi connectivity index (χ4v) is 0.908. The summed E-state index contributed by atoms with van der Waals surface area (Å²) >= 11 is 0. The Morgan fingerprint density at radius 1 is 1.36 bits per heavy atom. The third-order valence-electron chi connectivity index (χ3n) is 1.38. The number of hydrogen-bond donors (Lipinski definition) is 3. The van der Waals surface area contributed by atoms with Gasteiger partial charge in [0.1, 0.15) is 5.60 Å². The van der Waals surface area contributed by atoms with Crippen molar-refractivity contribution in [3.63, 3.8) is 0 Å². The smallest absolute Gasteiger partial charge is 0.306 e. The molecule has 84 valence electrons. The summed E-state index contributed by atoms with van der Waals surface area (Å²) in [5.41, 5.74) is 9.79. The molecule has 0 heterocycles.